The molecule has 3 rings (SSSR count). The lowest BCUT2D eigenvalue weighted by atomic mass is 10.1. The number of aromatic nitrogens is 2. The Balaban J connectivity index is 1.50. The van der Waals surface area contributed by atoms with E-state index in [2.05, 4.69) is 22.5 Å². The van der Waals surface area contributed by atoms with Gasteiger partial charge in [-0.25, -0.2) is 13.1 Å². The fourth-order valence-corrected chi connectivity index (χ4v) is 4.50. The third-order valence-corrected chi connectivity index (χ3v) is 5.63. The zero-order chi connectivity index (χ0) is 14.7. The number of sulfone groups is 1. The molecule has 0 amide bonds. The molecule has 0 bridgehead atoms. The van der Waals surface area contributed by atoms with Crippen molar-refractivity contribution >= 4 is 9.84 Å². The molecule has 5 nitrogen and oxygen atoms in total. The first-order valence-corrected chi connectivity index (χ1v) is 8.95. The second-order valence-corrected chi connectivity index (χ2v) is 7.75. The Morgan fingerprint density at radius 1 is 1.29 bits per heavy atom. The molecular formula is C15H19N3O2S. The smallest absolute Gasteiger partial charge is 0.150 e. The summed E-state index contributed by atoms with van der Waals surface area (Å²) >= 11 is 0. The molecule has 0 spiro atoms. The maximum atomic E-state index is 11.4. The highest BCUT2D eigenvalue weighted by Crippen LogP contribution is 2.17. The normalized spacial score (nSPS) is 20.7. The second-order valence-electron chi connectivity index (χ2n) is 5.52. The lowest BCUT2D eigenvalue weighted by molar-refractivity contribution is 0.521. The van der Waals surface area contributed by atoms with Crippen LogP contribution in [-0.4, -0.2) is 36.2 Å². The van der Waals surface area contributed by atoms with E-state index in [1.54, 1.807) is 6.20 Å². The van der Waals surface area contributed by atoms with Crippen LogP contribution in [0.1, 0.15) is 12.0 Å². The second kappa shape index (κ2) is 5.99. The van der Waals surface area contributed by atoms with Crippen molar-refractivity contribution in [1.29, 1.82) is 0 Å². The van der Waals surface area contributed by atoms with Gasteiger partial charge in [0, 0.05) is 18.9 Å². The van der Waals surface area contributed by atoms with E-state index in [1.165, 1.54) is 5.56 Å². The van der Waals surface area contributed by atoms with E-state index >= 15 is 0 Å². The molecule has 2 heterocycles. The number of hydrogen-bond acceptors (Lipinski definition) is 4. The maximum absolute atomic E-state index is 11.4. The van der Waals surface area contributed by atoms with Crippen LogP contribution < -0.4 is 5.32 Å². The Kier molecular flexibility index (Phi) is 4.07. The van der Waals surface area contributed by atoms with Crippen molar-refractivity contribution in [3.05, 3.63) is 48.3 Å². The largest absolute Gasteiger partial charge is 0.312 e. The Morgan fingerprint density at radius 3 is 2.71 bits per heavy atom. The molecule has 1 unspecified atom stereocenters. The van der Waals surface area contributed by atoms with Gasteiger partial charge in [0.1, 0.15) is 0 Å². The quantitative estimate of drug-likeness (QED) is 0.907. The summed E-state index contributed by atoms with van der Waals surface area (Å²) in [4.78, 5) is 0. The molecule has 0 saturated carbocycles. The minimum Gasteiger partial charge on any atom is -0.312 e. The van der Waals surface area contributed by atoms with Crippen molar-refractivity contribution in [3.8, 4) is 5.69 Å². The molecule has 0 radical (unpaired) electrons. The van der Waals surface area contributed by atoms with Crippen LogP contribution >= 0.6 is 0 Å². The zero-order valence-corrected chi connectivity index (χ0v) is 12.6. The van der Waals surface area contributed by atoms with Crippen molar-refractivity contribution in [2.45, 2.75) is 13.0 Å². The molecule has 1 atom stereocenters. The van der Waals surface area contributed by atoms with Crippen LogP contribution in [0.3, 0.4) is 0 Å². The summed E-state index contributed by atoms with van der Waals surface area (Å²) in [6, 6.07) is 10.1. The Labute approximate surface area is 124 Å². The summed E-state index contributed by atoms with van der Waals surface area (Å²) in [6.07, 6.45) is 4.45. The number of rotatable bonds is 5. The van der Waals surface area contributed by atoms with Gasteiger partial charge in [0.15, 0.2) is 9.84 Å². The van der Waals surface area contributed by atoms with Gasteiger partial charge in [-0.3, -0.25) is 0 Å². The van der Waals surface area contributed by atoms with E-state index in [4.69, 9.17) is 0 Å². The monoisotopic (exact) mass is 305 g/mol. The highest BCUT2D eigenvalue weighted by Gasteiger charge is 2.27. The van der Waals surface area contributed by atoms with Crippen LogP contribution in [0, 0.1) is 5.92 Å². The summed E-state index contributed by atoms with van der Waals surface area (Å²) in [5, 5.41) is 7.54. The van der Waals surface area contributed by atoms with Gasteiger partial charge in [-0.1, -0.05) is 12.1 Å². The minimum absolute atomic E-state index is 0.262. The average Bonchev–Trinajstić information content (AvgIpc) is 3.09. The van der Waals surface area contributed by atoms with Gasteiger partial charge in [-0.2, -0.15) is 5.10 Å². The summed E-state index contributed by atoms with van der Waals surface area (Å²) in [5.74, 6) is 0.939. The lowest BCUT2D eigenvalue weighted by Gasteiger charge is -2.10. The lowest BCUT2D eigenvalue weighted by Crippen LogP contribution is -2.23. The van der Waals surface area contributed by atoms with Gasteiger partial charge in [-0.05, 0) is 42.6 Å². The molecule has 1 saturated heterocycles. The molecule has 1 N–H and O–H groups in total. The van der Waals surface area contributed by atoms with Crippen LogP contribution in [-0.2, 0) is 16.4 Å². The molecule has 1 aliphatic heterocycles. The fraction of sp³-hybridized carbons (Fsp3) is 0.400. The predicted octanol–water partition coefficient (Wildman–Crippen LogP) is 1.40. The summed E-state index contributed by atoms with van der Waals surface area (Å²) in [5.41, 5.74) is 2.22. The third-order valence-electron chi connectivity index (χ3n) is 3.79. The fourth-order valence-electron chi connectivity index (χ4n) is 2.64. The first-order valence-electron chi connectivity index (χ1n) is 7.12. The van der Waals surface area contributed by atoms with Crippen LogP contribution in [0.4, 0.5) is 0 Å². The zero-order valence-electron chi connectivity index (χ0n) is 11.8. The summed E-state index contributed by atoms with van der Waals surface area (Å²) in [7, 11) is -2.77. The van der Waals surface area contributed by atoms with Crippen LogP contribution in [0.25, 0.3) is 5.69 Å². The van der Waals surface area contributed by atoms with E-state index in [9.17, 15) is 8.42 Å². The van der Waals surface area contributed by atoms with E-state index in [-0.39, 0.29) is 5.92 Å². The molecule has 0 aliphatic carbocycles. The molecule has 6 heteroatoms. The van der Waals surface area contributed by atoms with Crippen molar-refractivity contribution in [2.24, 2.45) is 5.92 Å². The topological polar surface area (TPSA) is 64.0 Å². The average molecular weight is 305 g/mol. The molecule has 112 valence electrons. The van der Waals surface area contributed by atoms with Crippen LogP contribution in [0.15, 0.2) is 42.7 Å². The number of nitrogens with one attached hydrogen (secondary N) is 1. The van der Waals surface area contributed by atoms with Crippen molar-refractivity contribution in [3.63, 3.8) is 0 Å². The highest BCUT2D eigenvalue weighted by atomic mass is 32.2. The van der Waals surface area contributed by atoms with E-state index in [0.717, 1.165) is 25.2 Å². The molecule has 2 aromatic rings. The SMILES string of the molecule is O=S1(=O)CCC(CNCc2ccc(-n3cccn3)cc2)C1. The van der Waals surface area contributed by atoms with Crippen molar-refractivity contribution in [1.82, 2.24) is 15.1 Å². The van der Waals surface area contributed by atoms with E-state index < -0.39 is 9.84 Å². The highest BCUT2D eigenvalue weighted by molar-refractivity contribution is 7.91. The Bertz CT molecular complexity index is 678. The van der Waals surface area contributed by atoms with Gasteiger partial charge in [-0.15, -0.1) is 0 Å². The summed E-state index contributed by atoms with van der Waals surface area (Å²) in [6.45, 7) is 1.52. The molecule has 1 aromatic heterocycles. The van der Waals surface area contributed by atoms with Gasteiger partial charge in [0.05, 0.1) is 17.2 Å². The standard InChI is InChI=1S/C15H19N3O2S/c19-21(20)9-6-14(12-21)11-16-10-13-2-4-15(5-3-13)18-8-1-7-17-18/h1-5,7-8,14,16H,6,9-12H2. The predicted molar refractivity (Wildman–Crippen MR) is 82.0 cm³/mol. The molecule has 1 fully saturated rings. The number of benzene rings is 1. The van der Waals surface area contributed by atoms with Gasteiger partial charge >= 0.3 is 0 Å². The van der Waals surface area contributed by atoms with Gasteiger partial charge < -0.3 is 5.32 Å². The van der Waals surface area contributed by atoms with Crippen molar-refractivity contribution in [2.75, 3.05) is 18.1 Å². The van der Waals surface area contributed by atoms with Crippen LogP contribution in [0.5, 0.6) is 0 Å². The maximum Gasteiger partial charge on any atom is 0.150 e. The third kappa shape index (κ3) is 3.71. The summed E-state index contributed by atoms with van der Waals surface area (Å²) < 4.78 is 24.6. The Hall–Kier alpha value is -1.66. The van der Waals surface area contributed by atoms with Crippen LogP contribution in [0.2, 0.25) is 0 Å². The van der Waals surface area contributed by atoms with E-state index in [1.807, 2.05) is 29.1 Å². The number of nitrogens with zero attached hydrogens (tertiary/aromatic N) is 2. The molecule has 21 heavy (non-hydrogen) atoms. The first kappa shape index (κ1) is 14.3. The van der Waals surface area contributed by atoms with Gasteiger partial charge in [0.25, 0.3) is 0 Å². The number of hydrogen-bond donors (Lipinski definition) is 1. The Morgan fingerprint density at radius 2 is 2.10 bits per heavy atom. The molecule has 1 aliphatic rings. The first-order chi connectivity index (χ1) is 10.1. The molecular weight excluding hydrogens is 286 g/mol. The van der Waals surface area contributed by atoms with E-state index in [0.29, 0.717) is 11.5 Å². The molecule has 1 aromatic carbocycles. The van der Waals surface area contributed by atoms with Crippen molar-refractivity contribution < 1.29 is 8.42 Å². The van der Waals surface area contributed by atoms with Gasteiger partial charge in [0.2, 0.25) is 0 Å². The minimum atomic E-state index is -2.77.